The number of methoxy groups -OCH3 is 1. The molecule has 1 saturated carbocycles. The van der Waals surface area contributed by atoms with Gasteiger partial charge in [0.1, 0.15) is 24.5 Å². The Morgan fingerprint density at radius 1 is 0.966 bits per heavy atom. The third-order valence-electron chi connectivity index (χ3n) is 5.08. The van der Waals surface area contributed by atoms with E-state index < -0.39 is 0 Å². The molecule has 1 aliphatic carbocycles. The molecule has 0 unspecified atom stereocenters. The molecule has 164 valence electrons. The summed E-state index contributed by atoms with van der Waals surface area (Å²) in [5.74, 6) is 1.78. The Labute approximate surface area is 186 Å². The molecule has 3 rings (SSSR count). The molecule has 8 heteroatoms. The van der Waals surface area contributed by atoms with Gasteiger partial charge in [-0.25, -0.2) is 9.97 Å². The van der Waals surface area contributed by atoms with Crippen LogP contribution in [-0.2, 0) is 4.74 Å². The van der Waals surface area contributed by atoms with Crippen LogP contribution in [0.3, 0.4) is 0 Å². The van der Waals surface area contributed by atoms with Gasteiger partial charge in [-0.05, 0) is 31.0 Å². The maximum absolute atomic E-state index is 5.89. The number of nitrogens with zero attached hydrogens (tertiary/aromatic N) is 2. The molecule has 0 spiro atoms. The second kappa shape index (κ2) is 14.6. The van der Waals surface area contributed by atoms with Crippen molar-refractivity contribution in [1.29, 1.82) is 0 Å². The standard InChI is InChI=1S/C21H32N4O2.2ClH/c1-26-13-11-22-12-14-27-18-9-10-20-19(15-18)21(24-16-23-20)25-17-7-5-3-2-4-6-8-17;;/h9-10,15-17,22H,2-8,11-14H2,1H3,(H,23,24,25);2*1H. The molecule has 0 aliphatic heterocycles. The normalized spacial score (nSPS) is 14.9. The van der Waals surface area contributed by atoms with Crippen LogP contribution in [0, 0.1) is 0 Å². The quantitative estimate of drug-likeness (QED) is 0.550. The van der Waals surface area contributed by atoms with Crippen LogP contribution in [0.2, 0.25) is 0 Å². The molecule has 0 radical (unpaired) electrons. The number of benzene rings is 1. The molecule has 0 saturated heterocycles. The Morgan fingerprint density at radius 3 is 2.45 bits per heavy atom. The lowest BCUT2D eigenvalue weighted by Crippen LogP contribution is -2.24. The van der Waals surface area contributed by atoms with Crippen molar-refractivity contribution < 1.29 is 9.47 Å². The highest BCUT2D eigenvalue weighted by molar-refractivity contribution is 5.90. The van der Waals surface area contributed by atoms with E-state index in [1.54, 1.807) is 13.4 Å². The number of anilines is 1. The van der Waals surface area contributed by atoms with Gasteiger partial charge in [-0.1, -0.05) is 32.1 Å². The molecule has 1 heterocycles. The number of ether oxygens (including phenoxy) is 2. The fraction of sp³-hybridized carbons (Fsp3) is 0.619. The van der Waals surface area contributed by atoms with Crippen molar-refractivity contribution in [2.24, 2.45) is 0 Å². The van der Waals surface area contributed by atoms with E-state index in [0.29, 0.717) is 19.3 Å². The molecule has 1 aliphatic rings. The molecule has 6 nitrogen and oxygen atoms in total. The van der Waals surface area contributed by atoms with Crippen LogP contribution in [0.1, 0.15) is 44.9 Å². The molecule has 1 aromatic carbocycles. The maximum atomic E-state index is 5.89. The third-order valence-corrected chi connectivity index (χ3v) is 5.08. The van der Waals surface area contributed by atoms with E-state index in [4.69, 9.17) is 9.47 Å². The van der Waals surface area contributed by atoms with Crippen LogP contribution in [0.4, 0.5) is 5.82 Å². The SMILES string of the molecule is COCCNCCOc1ccc2ncnc(NC3CCCCCCC3)c2c1.Cl.Cl. The summed E-state index contributed by atoms with van der Waals surface area (Å²) in [7, 11) is 1.71. The molecular weight excluding hydrogens is 411 g/mol. The summed E-state index contributed by atoms with van der Waals surface area (Å²) in [6.07, 6.45) is 10.7. The number of aromatic nitrogens is 2. The van der Waals surface area contributed by atoms with Gasteiger partial charge in [-0.2, -0.15) is 0 Å². The van der Waals surface area contributed by atoms with E-state index in [0.717, 1.165) is 35.6 Å². The van der Waals surface area contributed by atoms with Gasteiger partial charge < -0.3 is 20.1 Å². The monoisotopic (exact) mass is 444 g/mol. The minimum absolute atomic E-state index is 0. The van der Waals surface area contributed by atoms with Crippen LogP contribution in [-0.4, -0.2) is 49.4 Å². The summed E-state index contributed by atoms with van der Waals surface area (Å²) in [6, 6.07) is 6.53. The number of halogens is 2. The highest BCUT2D eigenvalue weighted by atomic mass is 35.5. The number of nitrogens with one attached hydrogen (secondary N) is 2. The van der Waals surface area contributed by atoms with E-state index in [1.807, 2.05) is 12.1 Å². The third kappa shape index (κ3) is 8.51. The Balaban J connectivity index is 0.00000210. The Morgan fingerprint density at radius 2 is 1.69 bits per heavy atom. The van der Waals surface area contributed by atoms with E-state index in [1.165, 1.54) is 44.9 Å². The van der Waals surface area contributed by atoms with Gasteiger partial charge >= 0.3 is 0 Å². The van der Waals surface area contributed by atoms with Gasteiger partial charge in [0.2, 0.25) is 0 Å². The van der Waals surface area contributed by atoms with Crippen LogP contribution in [0.25, 0.3) is 10.9 Å². The zero-order valence-corrected chi connectivity index (χ0v) is 18.8. The van der Waals surface area contributed by atoms with Gasteiger partial charge in [-0.3, -0.25) is 0 Å². The van der Waals surface area contributed by atoms with Gasteiger partial charge in [0, 0.05) is 31.6 Å². The smallest absolute Gasteiger partial charge is 0.137 e. The molecule has 0 bridgehead atoms. The summed E-state index contributed by atoms with van der Waals surface area (Å²) in [5, 5.41) is 7.99. The Bertz CT molecular complexity index is 697. The van der Waals surface area contributed by atoms with E-state index >= 15 is 0 Å². The predicted molar refractivity (Wildman–Crippen MR) is 124 cm³/mol. The Hall–Kier alpha value is -1.34. The van der Waals surface area contributed by atoms with Crippen molar-refractivity contribution >= 4 is 41.5 Å². The largest absolute Gasteiger partial charge is 0.492 e. The van der Waals surface area contributed by atoms with Crippen LogP contribution in [0.5, 0.6) is 5.75 Å². The lowest BCUT2D eigenvalue weighted by molar-refractivity contribution is 0.197. The van der Waals surface area contributed by atoms with Gasteiger partial charge in [-0.15, -0.1) is 24.8 Å². The number of fused-ring (bicyclic) bond motifs is 1. The average Bonchev–Trinajstić information content (AvgIpc) is 2.67. The molecule has 2 N–H and O–H groups in total. The Kier molecular flexibility index (Phi) is 12.9. The molecule has 1 aromatic heterocycles. The molecule has 0 amide bonds. The second-order valence-corrected chi connectivity index (χ2v) is 7.18. The van der Waals surface area contributed by atoms with Crippen molar-refractivity contribution in [2.75, 3.05) is 38.7 Å². The van der Waals surface area contributed by atoms with E-state index in [-0.39, 0.29) is 24.8 Å². The van der Waals surface area contributed by atoms with Crippen LogP contribution >= 0.6 is 24.8 Å². The van der Waals surface area contributed by atoms with Crippen molar-refractivity contribution in [2.45, 2.75) is 51.0 Å². The minimum Gasteiger partial charge on any atom is -0.492 e. The number of rotatable bonds is 9. The fourth-order valence-electron chi connectivity index (χ4n) is 3.57. The first-order valence-electron chi connectivity index (χ1n) is 10.2. The summed E-state index contributed by atoms with van der Waals surface area (Å²) in [4.78, 5) is 8.93. The predicted octanol–water partition coefficient (Wildman–Crippen LogP) is 4.61. The lowest BCUT2D eigenvalue weighted by Gasteiger charge is -2.22. The molecular formula is C21H34Cl2N4O2. The summed E-state index contributed by atoms with van der Waals surface area (Å²) in [6.45, 7) is 2.96. The average molecular weight is 445 g/mol. The van der Waals surface area contributed by atoms with Gasteiger partial charge in [0.05, 0.1) is 12.1 Å². The van der Waals surface area contributed by atoms with Crippen molar-refractivity contribution in [1.82, 2.24) is 15.3 Å². The summed E-state index contributed by atoms with van der Waals surface area (Å²) >= 11 is 0. The minimum atomic E-state index is 0. The van der Waals surface area contributed by atoms with Crippen LogP contribution < -0.4 is 15.4 Å². The van der Waals surface area contributed by atoms with E-state index in [2.05, 4.69) is 26.7 Å². The zero-order valence-electron chi connectivity index (χ0n) is 17.2. The van der Waals surface area contributed by atoms with Gasteiger partial charge in [0.15, 0.2) is 0 Å². The van der Waals surface area contributed by atoms with E-state index in [9.17, 15) is 0 Å². The molecule has 29 heavy (non-hydrogen) atoms. The fourth-order valence-corrected chi connectivity index (χ4v) is 3.57. The highest BCUT2D eigenvalue weighted by Gasteiger charge is 2.14. The number of hydrogen-bond acceptors (Lipinski definition) is 6. The van der Waals surface area contributed by atoms with Crippen molar-refractivity contribution in [3.8, 4) is 5.75 Å². The summed E-state index contributed by atoms with van der Waals surface area (Å²) in [5.41, 5.74) is 0.948. The summed E-state index contributed by atoms with van der Waals surface area (Å²) < 4.78 is 10.9. The van der Waals surface area contributed by atoms with Gasteiger partial charge in [0.25, 0.3) is 0 Å². The first-order chi connectivity index (χ1) is 13.4. The highest BCUT2D eigenvalue weighted by Crippen LogP contribution is 2.27. The second-order valence-electron chi connectivity index (χ2n) is 7.18. The maximum Gasteiger partial charge on any atom is 0.137 e. The first-order valence-corrected chi connectivity index (χ1v) is 10.2. The first kappa shape index (κ1) is 25.7. The van der Waals surface area contributed by atoms with Crippen LogP contribution in [0.15, 0.2) is 24.5 Å². The zero-order chi connectivity index (χ0) is 18.7. The molecule has 1 fully saturated rings. The lowest BCUT2D eigenvalue weighted by atomic mass is 9.96. The molecule has 0 atom stereocenters. The van der Waals surface area contributed by atoms with Crippen molar-refractivity contribution in [3.05, 3.63) is 24.5 Å². The number of hydrogen-bond donors (Lipinski definition) is 2. The molecule has 2 aromatic rings. The van der Waals surface area contributed by atoms with Crippen molar-refractivity contribution in [3.63, 3.8) is 0 Å². The topological polar surface area (TPSA) is 68.3 Å².